The number of nitrogens with one attached hydrogen (secondary N) is 1. The predicted octanol–water partition coefficient (Wildman–Crippen LogP) is 1.21. The van der Waals surface area contributed by atoms with Crippen molar-refractivity contribution in [3.05, 3.63) is 48.7 Å². The maximum Gasteiger partial charge on any atom is 0.254 e. The Morgan fingerprint density at radius 2 is 2.00 bits per heavy atom. The van der Waals surface area contributed by atoms with Crippen LogP contribution in [0.15, 0.2) is 47.8 Å². The molecule has 2 aromatic heterocycles. The zero-order chi connectivity index (χ0) is 18.1. The molecule has 1 aliphatic rings. The van der Waals surface area contributed by atoms with Gasteiger partial charge in [0.1, 0.15) is 18.0 Å². The van der Waals surface area contributed by atoms with Crippen molar-refractivity contribution in [2.75, 3.05) is 18.0 Å². The van der Waals surface area contributed by atoms with E-state index in [0.29, 0.717) is 5.78 Å². The van der Waals surface area contributed by atoms with Crippen molar-refractivity contribution in [3.63, 3.8) is 0 Å². The first kappa shape index (κ1) is 16.9. The lowest BCUT2D eigenvalue weighted by Gasteiger charge is -2.26. The summed E-state index contributed by atoms with van der Waals surface area (Å²) in [6.07, 6.45) is 4.90. The molecule has 0 radical (unpaired) electrons. The minimum atomic E-state index is -3.69. The lowest BCUT2D eigenvalue weighted by molar-refractivity contribution is 0.565. The number of halogens is 1. The average molecular weight is 376 g/mol. The number of sulfonamides is 1. The summed E-state index contributed by atoms with van der Waals surface area (Å²) in [4.78, 5) is 10.4. The zero-order valence-corrected chi connectivity index (χ0v) is 14.6. The van der Waals surface area contributed by atoms with E-state index in [1.165, 1.54) is 18.5 Å². The Morgan fingerprint density at radius 3 is 2.81 bits per heavy atom. The fraction of sp³-hybridized carbons (Fsp3) is 0.312. The van der Waals surface area contributed by atoms with Gasteiger partial charge in [-0.3, -0.25) is 0 Å². The van der Waals surface area contributed by atoms with Gasteiger partial charge in [-0.25, -0.2) is 22.5 Å². The normalized spacial score (nSPS) is 17.9. The molecule has 136 valence electrons. The topological polar surface area (TPSA) is 92.5 Å². The molecular weight excluding hydrogens is 359 g/mol. The van der Waals surface area contributed by atoms with Crippen molar-refractivity contribution in [1.82, 2.24) is 24.3 Å². The molecule has 1 aliphatic heterocycles. The van der Waals surface area contributed by atoms with Gasteiger partial charge in [-0.15, -0.1) is 0 Å². The molecule has 3 aromatic rings. The van der Waals surface area contributed by atoms with Crippen LogP contribution in [0, 0.1) is 5.82 Å². The molecule has 4 rings (SSSR count). The molecule has 0 bridgehead atoms. The maximum atomic E-state index is 13.0. The van der Waals surface area contributed by atoms with Gasteiger partial charge in [0.15, 0.2) is 0 Å². The number of benzene rings is 1. The standard InChI is InChI=1S/C16H17FN6O2S/c17-12-3-5-14(6-4-12)26(24,25)21-10-13-2-1-9-22(13)15-7-8-18-16-19-11-20-23(15)16/h3-8,11,13,21H,1-2,9-10H2/t13-/m1/s1. The Labute approximate surface area is 149 Å². The Bertz CT molecular complexity index is 1020. The number of fused-ring (bicyclic) bond motifs is 1. The molecule has 1 aromatic carbocycles. The fourth-order valence-corrected chi connectivity index (χ4v) is 4.27. The number of anilines is 1. The molecule has 0 amide bonds. The van der Waals surface area contributed by atoms with Gasteiger partial charge in [0.25, 0.3) is 5.78 Å². The SMILES string of the molecule is O=S(=O)(NC[C@H]1CCCN1c1ccnc2ncnn12)c1ccc(F)cc1. The van der Waals surface area contributed by atoms with Crippen LogP contribution in [0.3, 0.4) is 0 Å². The number of aromatic nitrogens is 4. The molecule has 1 N–H and O–H groups in total. The van der Waals surface area contributed by atoms with Crippen molar-refractivity contribution >= 4 is 21.6 Å². The minimum absolute atomic E-state index is 0.0139. The van der Waals surface area contributed by atoms with Crippen LogP contribution in [-0.4, -0.2) is 47.1 Å². The Kier molecular flexibility index (Phi) is 4.29. The van der Waals surface area contributed by atoms with Crippen LogP contribution >= 0.6 is 0 Å². The molecule has 1 saturated heterocycles. The second-order valence-corrected chi connectivity index (χ2v) is 7.84. The van der Waals surface area contributed by atoms with E-state index in [1.54, 1.807) is 10.7 Å². The van der Waals surface area contributed by atoms with Crippen LogP contribution in [0.2, 0.25) is 0 Å². The number of nitrogens with zero attached hydrogens (tertiary/aromatic N) is 5. The molecular formula is C16H17FN6O2S. The van der Waals surface area contributed by atoms with E-state index in [2.05, 4.69) is 24.7 Å². The second kappa shape index (κ2) is 6.61. The van der Waals surface area contributed by atoms with Gasteiger partial charge in [0, 0.05) is 25.3 Å². The summed E-state index contributed by atoms with van der Waals surface area (Å²) < 4.78 is 42.1. The molecule has 1 fully saturated rings. The third-order valence-electron chi connectivity index (χ3n) is 4.46. The zero-order valence-electron chi connectivity index (χ0n) is 13.8. The first-order chi connectivity index (χ1) is 12.5. The summed E-state index contributed by atoms with van der Waals surface area (Å²) in [6, 6.07) is 6.61. The first-order valence-corrected chi connectivity index (χ1v) is 9.69. The summed E-state index contributed by atoms with van der Waals surface area (Å²) in [5, 5.41) is 4.19. The molecule has 0 spiro atoms. The molecule has 0 saturated carbocycles. The van der Waals surface area contributed by atoms with Crippen LogP contribution in [0.1, 0.15) is 12.8 Å². The lowest BCUT2D eigenvalue weighted by atomic mass is 10.2. The molecule has 10 heteroatoms. The van der Waals surface area contributed by atoms with E-state index < -0.39 is 15.8 Å². The Hall–Kier alpha value is -2.59. The number of hydrogen-bond donors (Lipinski definition) is 1. The third-order valence-corrected chi connectivity index (χ3v) is 5.90. The van der Waals surface area contributed by atoms with Crippen molar-refractivity contribution < 1.29 is 12.8 Å². The van der Waals surface area contributed by atoms with Gasteiger partial charge in [-0.05, 0) is 43.2 Å². The molecule has 26 heavy (non-hydrogen) atoms. The van der Waals surface area contributed by atoms with E-state index in [9.17, 15) is 12.8 Å². The Morgan fingerprint density at radius 1 is 1.19 bits per heavy atom. The summed E-state index contributed by atoms with van der Waals surface area (Å²) in [6.45, 7) is 1.04. The minimum Gasteiger partial charge on any atom is -0.352 e. The Balaban J connectivity index is 1.52. The maximum absolute atomic E-state index is 13.0. The quantitative estimate of drug-likeness (QED) is 0.720. The van der Waals surface area contributed by atoms with E-state index in [-0.39, 0.29) is 17.5 Å². The second-order valence-electron chi connectivity index (χ2n) is 6.07. The van der Waals surface area contributed by atoms with Gasteiger partial charge < -0.3 is 4.90 Å². The van der Waals surface area contributed by atoms with E-state index in [1.807, 2.05) is 6.07 Å². The van der Waals surface area contributed by atoms with E-state index >= 15 is 0 Å². The van der Waals surface area contributed by atoms with Crippen molar-refractivity contribution in [1.29, 1.82) is 0 Å². The van der Waals surface area contributed by atoms with Gasteiger partial charge in [0.2, 0.25) is 10.0 Å². The highest BCUT2D eigenvalue weighted by molar-refractivity contribution is 7.89. The predicted molar refractivity (Wildman–Crippen MR) is 92.7 cm³/mol. The van der Waals surface area contributed by atoms with Crippen LogP contribution in [0.4, 0.5) is 10.2 Å². The highest BCUT2D eigenvalue weighted by Gasteiger charge is 2.28. The molecule has 0 unspecified atom stereocenters. The van der Waals surface area contributed by atoms with Gasteiger partial charge >= 0.3 is 0 Å². The van der Waals surface area contributed by atoms with E-state index in [4.69, 9.17) is 0 Å². The summed E-state index contributed by atoms with van der Waals surface area (Å²) >= 11 is 0. The van der Waals surface area contributed by atoms with Crippen LogP contribution in [0.5, 0.6) is 0 Å². The largest absolute Gasteiger partial charge is 0.352 e. The highest BCUT2D eigenvalue weighted by atomic mass is 32.2. The number of rotatable bonds is 5. The third kappa shape index (κ3) is 3.13. The molecule has 0 aliphatic carbocycles. The van der Waals surface area contributed by atoms with Gasteiger partial charge in [0.05, 0.1) is 4.90 Å². The molecule has 8 nitrogen and oxygen atoms in total. The lowest BCUT2D eigenvalue weighted by Crippen LogP contribution is -2.41. The van der Waals surface area contributed by atoms with Gasteiger partial charge in [-0.2, -0.15) is 14.6 Å². The molecule has 1 atom stereocenters. The monoisotopic (exact) mass is 376 g/mol. The van der Waals surface area contributed by atoms with Gasteiger partial charge in [-0.1, -0.05) is 0 Å². The fourth-order valence-electron chi connectivity index (χ4n) is 3.20. The summed E-state index contributed by atoms with van der Waals surface area (Å²) in [5.74, 6) is 0.858. The summed E-state index contributed by atoms with van der Waals surface area (Å²) in [7, 11) is -3.69. The van der Waals surface area contributed by atoms with Crippen molar-refractivity contribution in [2.24, 2.45) is 0 Å². The van der Waals surface area contributed by atoms with Crippen LogP contribution in [-0.2, 0) is 10.0 Å². The first-order valence-electron chi connectivity index (χ1n) is 8.21. The number of hydrogen-bond acceptors (Lipinski definition) is 6. The smallest absolute Gasteiger partial charge is 0.254 e. The summed E-state index contributed by atoms with van der Waals surface area (Å²) in [5.41, 5.74) is 0. The van der Waals surface area contributed by atoms with Crippen LogP contribution in [0.25, 0.3) is 5.78 Å². The van der Waals surface area contributed by atoms with E-state index in [0.717, 1.165) is 37.3 Å². The average Bonchev–Trinajstić information content (AvgIpc) is 3.29. The molecule has 3 heterocycles. The van der Waals surface area contributed by atoms with Crippen molar-refractivity contribution in [2.45, 2.75) is 23.8 Å². The van der Waals surface area contributed by atoms with Crippen molar-refractivity contribution in [3.8, 4) is 0 Å². The highest BCUT2D eigenvalue weighted by Crippen LogP contribution is 2.25. The van der Waals surface area contributed by atoms with Crippen LogP contribution < -0.4 is 9.62 Å².